The third-order valence-electron chi connectivity index (χ3n) is 11.8. The average molecular weight is 535 g/mol. The van der Waals surface area contributed by atoms with E-state index in [2.05, 4.69) is 33.8 Å². The Labute approximate surface area is 230 Å². The summed E-state index contributed by atoms with van der Waals surface area (Å²) in [5.74, 6) is 5.99. The number of aliphatic hydroxyl groups is 4. The second-order valence-electron chi connectivity index (χ2n) is 14.3. The van der Waals surface area contributed by atoms with E-state index in [1.54, 1.807) is 0 Å². The zero-order valence-electron chi connectivity index (χ0n) is 24.2. The van der Waals surface area contributed by atoms with Crippen LogP contribution in [0.25, 0.3) is 0 Å². The van der Waals surface area contributed by atoms with Gasteiger partial charge in [0.05, 0.1) is 12.7 Å². The van der Waals surface area contributed by atoms with Crippen molar-refractivity contribution in [2.75, 3.05) is 6.61 Å². The lowest BCUT2D eigenvalue weighted by Crippen LogP contribution is -2.60. The molecule has 5 rings (SSSR count). The molecule has 218 valence electrons. The van der Waals surface area contributed by atoms with E-state index in [4.69, 9.17) is 9.47 Å². The zero-order valence-corrected chi connectivity index (χ0v) is 24.2. The molecular weight excluding hydrogens is 480 g/mol. The van der Waals surface area contributed by atoms with Gasteiger partial charge in [0, 0.05) is 0 Å². The molecule has 0 aromatic heterocycles. The van der Waals surface area contributed by atoms with Gasteiger partial charge in [-0.15, -0.1) is 0 Å². The van der Waals surface area contributed by atoms with Crippen molar-refractivity contribution in [2.45, 2.75) is 135 Å². The monoisotopic (exact) mass is 534 g/mol. The Bertz CT molecular complexity index is 827. The summed E-state index contributed by atoms with van der Waals surface area (Å²) in [4.78, 5) is 0. The van der Waals surface area contributed by atoms with Crippen LogP contribution in [0.1, 0.15) is 98.3 Å². The molecule has 4 aliphatic carbocycles. The van der Waals surface area contributed by atoms with E-state index in [0.717, 1.165) is 60.7 Å². The fraction of sp³-hybridized carbons (Fsp3) is 0.938. The molecule has 4 N–H and O–H groups in total. The van der Waals surface area contributed by atoms with E-state index in [1.165, 1.54) is 56.9 Å². The topological polar surface area (TPSA) is 99.4 Å². The fourth-order valence-electron chi connectivity index (χ4n) is 9.58. The molecule has 4 fully saturated rings. The molecule has 6 heteroatoms. The number of aliphatic hydroxyl groups excluding tert-OH is 4. The molecule has 0 aromatic carbocycles. The van der Waals surface area contributed by atoms with E-state index in [0.29, 0.717) is 0 Å². The molecular formula is C32H54O6. The van der Waals surface area contributed by atoms with Crippen molar-refractivity contribution in [3.63, 3.8) is 0 Å². The third-order valence-corrected chi connectivity index (χ3v) is 11.8. The third kappa shape index (κ3) is 5.39. The lowest BCUT2D eigenvalue weighted by molar-refractivity contribution is -0.313. The Hall–Kier alpha value is -0.500. The fourth-order valence-corrected chi connectivity index (χ4v) is 9.58. The smallest absolute Gasteiger partial charge is 0.186 e. The largest absolute Gasteiger partial charge is 0.394 e. The maximum atomic E-state index is 10.5. The molecule has 1 saturated heterocycles. The van der Waals surface area contributed by atoms with Crippen molar-refractivity contribution in [2.24, 2.45) is 46.8 Å². The molecule has 3 saturated carbocycles. The van der Waals surface area contributed by atoms with Crippen molar-refractivity contribution in [3.8, 4) is 0 Å². The maximum Gasteiger partial charge on any atom is 0.186 e. The summed E-state index contributed by atoms with van der Waals surface area (Å²) in [5.41, 5.74) is 1.74. The molecule has 38 heavy (non-hydrogen) atoms. The van der Waals surface area contributed by atoms with Gasteiger partial charge in [0.2, 0.25) is 0 Å². The lowest BCUT2D eigenvalue weighted by atomic mass is 9.50. The second-order valence-corrected chi connectivity index (χ2v) is 14.3. The number of ether oxygens (including phenoxy) is 2. The Morgan fingerprint density at radius 2 is 1.71 bits per heavy atom. The van der Waals surface area contributed by atoms with Gasteiger partial charge in [-0.2, -0.15) is 0 Å². The van der Waals surface area contributed by atoms with Gasteiger partial charge in [0.25, 0.3) is 0 Å². The van der Waals surface area contributed by atoms with Gasteiger partial charge >= 0.3 is 0 Å². The maximum absolute atomic E-state index is 10.5. The minimum Gasteiger partial charge on any atom is -0.394 e. The summed E-state index contributed by atoms with van der Waals surface area (Å²) in [7, 11) is 0. The minimum atomic E-state index is -1.39. The van der Waals surface area contributed by atoms with Crippen LogP contribution >= 0.6 is 0 Å². The molecule has 13 atom stereocenters. The average Bonchev–Trinajstić information content (AvgIpc) is 3.33. The van der Waals surface area contributed by atoms with E-state index < -0.39 is 37.3 Å². The van der Waals surface area contributed by atoms with Crippen LogP contribution in [0.3, 0.4) is 0 Å². The van der Waals surface area contributed by atoms with E-state index in [-0.39, 0.29) is 11.5 Å². The highest BCUT2D eigenvalue weighted by Crippen LogP contribution is 2.63. The molecule has 3 unspecified atom stereocenters. The zero-order chi connectivity index (χ0) is 27.2. The minimum absolute atomic E-state index is 0.0915. The predicted octanol–water partition coefficient (Wildman–Crippen LogP) is 4.82. The molecule has 0 bridgehead atoms. The van der Waals surface area contributed by atoms with Crippen molar-refractivity contribution >= 4 is 0 Å². The first-order valence-corrected chi connectivity index (χ1v) is 15.8. The summed E-state index contributed by atoms with van der Waals surface area (Å²) in [6, 6.07) is 0. The second kappa shape index (κ2) is 11.8. The Morgan fingerprint density at radius 1 is 0.947 bits per heavy atom. The first kappa shape index (κ1) is 29.0. The van der Waals surface area contributed by atoms with Crippen molar-refractivity contribution in [1.82, 2.24) is 0 Å². The molecule has 1 aliphatic heterocycles. The highest BCUT2D eigenvalue weighted by Gasteiger charge is 2.55. The molecule has 0 aromatic rings. The van der Waals surface area contributed by atoms with Gasteiger partial charge in [-0.25, -0.2) is 0 Å². The van der Waals surface area contributed by atoms with Gasteiger partial charge in [0.1, 0.15) is 24.4 Å². The molecule has 0 amide bonds. The predicted molar refractivity (Wildman–Crippen MR) is 147 cm³/mol. The standard InChI is InChI=1S/C32H54O6/c1-18(2)6-5-7-19(3)22-10-11-24-23(22)12-13-26-25(24)9-8-20-16-21(14-15-32(20,26)4)37-31-30(36)29(35)28(34)27(17-33)38-31/h8,18-19,21-31,33-36H,5-7,9-17H2,1-4H3/t19-,21+,22-,23?,24+,25-,26-,27?,28-,29+,30?,31+,32+/m1/s1. The van der Waals surface area contributed by atoms with E-state index in [9.17, 15) is 20.4 Å². The highest BCUT2D eigenvalue weighted by molar-refractivity contribution is 5.25. The van der Waals surface area contributed by atoms with Gasteiger partial charge in [0.15, 0.2) is 6.29 Å². The SMILES string of the molecule is CC(C)CCC[C@@H](C)[C@H]1CC[C@H]2C1CC[C@@H]1[C@@H]2CC=C2C[C@@H](O[C@H]3OC(CO)[C@@H](O)[C@H](O)C3O)CC[C@@]21C. The van der Waals surface area contributed by atoms with Crippen LogP contribution in [0.15, 0.2) is 11.6 Å². The molecule has 1 heterocycles. The highest BCUT2D eigenvalue weighted by atomic mass is 16.7. The normalized spacial score (nSPS) is 47.7. The van der Waals surface area contributed by atoms with Crippen LogP contribution in [0.4, 0.5) is 0 Å². The van der Waals surface area contributed by atoms with Crippen LogP contribution in [-0.4, -0.2) is 63.8 Å². The van der Waals surface area contributed by atoms with Gasteiger partial charge in [-0.3, -0.25) is 0 Å². The molecule has 0 spiro atoms. The molecule has 5 aliphatic rings. The lowest BCUT2D eigenvalue weighted by Gasteiger charge is -2.56. The van der Waals surface area contributed by atoms with Gasteiger partial charge < -0.3 is 29.9 Å². The number of allylic oxidation sites excluding steroid dienone is 1. The number of rotatable bonds is 8. The van der Waals surface area contributed by atoms with Gasteiger partial charge in [-0.1, -0.05) is 58.6 Å². The first-order valence-electron chi connectivity index (χ1n) is 15.8. The van der Waals surface area contributed by atoms with Crippen molar-refractivity contribution < 1.29 is 29.9 Å². The summed E-state index contributed by atoms with van der Waals surface area (Å²) < 4.78 is 11.8. The van der Waals surface area contributed by atoms with Crippen LogP contribution in [0.5, 0.6) is 0 Å². The van der Waals surface area contributed by atoms with Crippen LogP contribution in [-0.2, 0) is 9.47 Å². The Morgan fingerprint density at radius 3 is 2.45 bits per heavy atom. The summed E-state index contributed by atoms with van der Waals surface area (Å²) in [6.07, 6.45) is 10.2. The van der Waals surface area contributed by atoms with Crippen LogP contribution in [0.2, 0.25) is 0 Å². The van der Waals surface area contributed by atoms with E-state index in [1.807, 2.05) is 0 Å². The first-order chi connectivity index (χ1) is 18.1. The number of hydrogen-bond donors (Lipinski definition) is 4. The molecule has 6 nitrogen and oxygen atoms in total. The quantitative estimate of drug-likeness (QED) is 0.333. The van der Waals surface area contributed by atoms with Crippen molar-refractivity contribution in [1.29, 1.82) is 0 Å². The van der Waals surface area contributed by atoms with Crippen molar-refractivity contribution in [3.05, 3.63) is 11.6 Å². The van der Waals surface area contributed by atoms with E-state index >= 15 is 0 Å². The number of hydrogen-bond acceptors (Lipinski definition) is 6. The van der Waals surface area contributed by atoms with Gasteiger partial charge in [-0.05, 0) is 98.2 Å². The number of fused-ring (bicyclic) bond motifs is 5. The summed E-state index contributed by atoms with van der Waals surface area (Å²) in [6.45, 7) is 9.30. The summed E-state index contributed by atoms with van der Waals surface area (Å²) in [5, 5.41) is 40.2. The van der Waals surface area contributed by atoms with Crippen LogP contribution in [0, 0.1) is 46.8 Å². The summed E-state index contributed by atoms with van der Waals surface area (Å²) >= 11 is 0. The Kier molecular flexibility index (Phi) is 8.99. The molecule has 0 radical (unpaired) electrons. The Balaban J connectivity index is 1.21. The van der Waals surface area contributed by atoms with Crippen LogP contribution < -0.4 is 0 Å².